The third kappa shape index (κ3) is 6.53. The van der Waals surface area contributed by atoms with E-state index in [9.17, 15) is 14.4 Å². The number of amides is 3. The van der Waals surface area contributed by atoms with E-state index in [1.165, 1.54) is 0 Å². The lowest BCUT2D eigenvalue weighted by Crippen LogP contribution is -2.34. The zero-order valence-corrected chi connectivity index (χ0v) is 11.7. The van der Waals surface area contributed by atoms with Crippen LogP contribution < -0.4 is 10.6 Å². The number of nitrogens with one attached hydrogen (secondary N) is 2. The number of carboxylic acids is 1. The average Bonchev–Trinajstić information content (AvgIpc) is 2.40. The van der Waals surface area contributed by atoms with Gasteiger partial charge in [0, 0.05) is 31.2 Å². The molecule has 3 amide bonds. The fourth-order valence-electron chi connectivity index (χ4n) is 1.67. The van der Waals surface area contributed by atoms with E-state index in [4.69, 9.17) is 9.84 Å². The van der Waals surface area contributed by atoms with Gasteiger partial charge in [-0.05, 0) is 12.5 Å². The second-order valence-electron chi connectivity index (χ2n) is 4.34. The summed E-state index contributed by atoms with van der Waals surface area (Å²) in [4.78, 5) is 33.4. The summed E-state index contributed by atoms with van der Waals surface area (Å²) >= 11 is 0. The molecule has 0 aromatic heterocycles. The zero-order chi connectivity index (χ0) is 15.7. The minimum Gasteiger partial charge on any atom is -0.481 e. The second kappa shape index (κ2) is 8.70. The van der Waals surface area contributed by atoms with Crippen LogP contribution in [0.3, 0.4) is 0 Å². The molecule has 0 spiro atoms. The Morgan fingerprint density at radius 3 is 2.57 bits per heavy atom. The first-order chi connectivity index (χ1) is 10.0. The van der Waals surface area contributed by atoms with E-state index in [0.29, 0.717) is 12.3 Å². The number of ether oxygens (including phenoxy) is 1. The van der Waals surface area contributed by atoms with Crippen LogP contribution in [0.4, 0.5) is 10.5 Å². The number of anilines is 1. The molecular formula is C14H18N2O5. The number of carboxylic acid groups (broad SMARTS) is 1. The summed E-state index contributed by atoms with van der Waals surface area (Å²) in [5, 5.41) is 13.2. The van der Waals surface area contributed by atoms with E-state index in [0.717, 1.165) is 5.56 Å². The van der Waals surface area contributed by atoms with Crippen molar-refractivity contribution in [3.63, 3.8) is 0 Å². The number of hydrogen-bond donors (Lipinski definition) is 3. The van der Waals surface area contributed by atoms with Crippen LogP contribution in [-0.4, -0.2) is 30.1 Å². The summed E-state index contributed by atoms with van der Waals surface area (Å²) in [7, 11) is 1.54. The van der Waals surface area contributed by atoms with Gasteiger partial charge in [-0.25, -0.2) is 4.79 Å². The van der Waals surface area contributed by atoms with Gasteiger partial charge in [0.1, 0.15) is 0 Å². The van der Waals surface area contributed by atoms with Crippen molar-refractivity contribution >= 4 is 23.6 Å². The van der Waals surface area contributed by atoms with Crippen molar-refractivity contribution in [2.45, 2.75) is 25.9 Å². The van der Waals surface area contributed by atoms with Gasteiger partial charge in [0.15, 0.2) is 0 Å². The SMILES string of the molecule is COCc1ccccc1NC(=O)NC(=O)CCCC(=O)O. The summed E-state index contributed by atoms with van der Waals surface area (Å²) < 4.78 is 5.01. The van der Waals surface area contributed by atoms with Crippen molar-refractivity contribution in [2.75, 3.05) is 12.4 Å². The van der Waals surface area contributed by atoms with Crippen molar-refractivity contribution in [2.24, 2.45) is 0 Å². The van der Waals surface area contributed by atoms with Crippen molar-refractivity contribution in [1.29, 1.82) is 0 Å². The van der Waals surface area contributed by atoms with Crippen molar-refractivity contribution in [1.82, 2.24) is 5.32 Å². The molecular weight excluding hydrogens is 276 g/mol. The highest BCUT2D eigenvalue weighted by Gasteiger charge is 2.10. The van der Waals surface area contributed by atoms with Crippen LogP contribution in [0.1, 0.15) is 24.8 Å². The first-order valence-corrected chi connectivity index (χ1v) is 6.42. The standard InChI is InChI=1S/C14H18N2O5/c1-21-9-10-5-2-3-6-11(10)15-14(20)16-12(17)7-4-8-13(18)19/h2-3,5-6H,4,7-9H2,1H3,(H,18,19)(H2,15,16,17,20). The monoisotopic (exact) mass is 294 g/mol. The molecule has 0 radical (unpaired) electrons. The van der Waals surface area contributed by atoms with Crippen LogP contribution in [0, 0.1) is 0 Å². The quantitative estimate of drug-likeness (QED) is 0.710. The number of benzene rings is 1. The number of carbonyl (C=O) groups excluding carboxylic acids is 2. The van der Waals surface area contributed by atoms with Crippen molar-refractivity contribution in [3.05, 3.63) is 29.8 Å². The summed E-state index contributed by atoms with van der Waals surface area (Å²) in [5.41, 5.74) is 1.34. The minimum atomic E-state index is -0.972. The molecule has 7 nitrogen and oxygen atoms in total. The maximum absolute atomic E-state index is 11.7. The molecule has 1 aromatic rings. The highest BCUT2D eigenvalue weighted by Crippen LogP contribution is 2.15. The topological polar surface area (TPSA) is 105 Å². The molecule has 0 aliphatic rings. The molecule has 114 valence electrons. The summed E-state index contributed by atoms with van der Waals surface area (Å²) in [6, 6.07) is 6.41. The van der Waals surface area contributed by atoms with Gasteiger partial charge in [0.25, 0.3) is 0 Å². The van der Waals surface area contributed by atoms with Gasteiger partial charge in [-0.3, -0.25) is 14.9 Å². The Labute approximate surface area is 122 Å². The Bertz CT molecular complexity index is 516. The molecule has 7 heteroatoms. The normalized spacial score (nSPS) is 9.95. The van der Waals surface area contributed by atoms with Crippen LogP contribution in [0.5, 0.6) is 0 Å². The zero-order valence-electron chi connectivity index (χ0n) is 11.7. The van der Waals surface area contributed by atoms with Crippen LogP contribution in [0.25, 0.3) is 0 Å². The summed E-state index contributed by atoms with van der Waals surface area (Å²) in [6.07, 6.45) is 0.0693. The second-order valence-corrected chi connectivity index (χ2v) is 4.34. The molecule has 3 N–H and O–H groups in total. The van der Waals surface area contributed by atoms with Gasteiger partial charge in [-0.15, -0.1) is 0 Å². The number of urea groups is 1. The van der Waals surface area contributed by atoms with E-state index in [-0.39, 0.29) is 19.3 Å². The van der Waals surface area contributed by atoms with Gasteiger partial charge in [0.05, 0.1) is 6.61 Å². The van der Waals surface area contributed by atoms with Gasteiger partial charge in [-0.1, -0.05) is 18.2 Å². The predicted molar refractivity (Wildman–Crippen MR) is 75.8 cm³/mol. The van der Waals surface area contributed by atoms with Crippen molar-refractivity contribution < 1.29 is 24.2 Å². The third-order valence-electron chi connectivity index (χ3n) is 2.61. The van der Waals surface area contributed by atoms with Crippen LogP contribution in [-0.2, 0) is 20.9 Å². The lowest BCUT2D eigenvalue weighted by atomic mass is 10.2. The smallest absolute Gasteiger partial charge is 0.325 e. The summed E-state index contributed by atoms with van der Waals surface area (Å²) in [5.74, 6) is -1.49. The van der Waals surface area contributed by atoms with Crippen LogP contribution in [0.15, 0.2) is 24.3 Å². The molecule has 1 rings (SSSR count). The largest absolute Gasteiger partial charge is 0.481 e. The van der Waals surface area contributed by atoms with Crippen LogP contribution >= 0.6 is 0 Å². The number of methoxy groups -OCH3 is 1. The Balaban J connectivity index is 2.46. The molecule has 0 atom stereocenters. The number of carbonyl (C=O) groups is 3. The fraction of sp³-hybridized carbons (Fsp3) is 0.357. The van der Waals surface area contributed by atoms with Crippen LogP contribution in [0.2, 0.25) is 0 Å². The fourth-order valence-corrected chi connectivity index (χ4v) is 1.67. The highest BCUT2D eigenvalue weighted by molar-refractivity contribution is 6.01. The molecule has 0 saturated carbocycles. The molecule has 21 heavy (non-hydrogen) atoms. The Hall–Kier alpha value is -2.41. The minimum absolute atomic E-state index is 0.0144. The molecule has 0 aliphatic heterocycles. The number of rotatable bonds is 7. The molecule has 0 unspecified atom stereocenters. The number of aliphatic carboxylic acids is 1. The maximum atomic E-state index is 11.7. The molecule has 0 bridgehead atoms. The van der Waals surface area contributed by atoms with E-state index in [2.05, 4.69) is 10.6 Å². The van der Waals surface area contributed by atoms with E-state index in [1.54, 1.807) is 25.3 Å². The first-order valence-electron chi connectivity index (χ1n) is 6.42. The molecule has 1 aromatic carbocycles. The number of hydrogen-bond acceptors (Lipinski definition) is 4. The van der Waals surface area contributed by atoms with E-state index < -0.39 is 17.9 Å². The maximum Gasteiger partial charge on any atom is 0.325 e. The Morgan fingerprint density at radius 1 is 1.19 bits per heavy atom. The van der Waals surface area contributed by atoms with Gasteiger partial charge < -0.3 is 15.2 Å². The highest BCUT2D eigenvalue weighted by atomic mass is 16.5. The molecule has 0 heterocycles. The van der Waals surface area contributed by atoms with E-state index >= 15 is 0 Å². The lowest BCUT2D eigenvalue weighted by Gasteiger charge is -2.10. The summed E-state index contributed by atoms with van der Waals surface area (Å²) in [6.45, 7) is 0.336. The molecule has 0 aliphatic carbocycles. The van der Waals surface area contributed by atoms with Gasteiger partial charge in [-0.2, -0.15) is 0 Å². The Morgan fingerprint density at radius 2 is 1.90 bits per heavy atom. The number of imide groups is 1. The average molecular weight is 294 g/mol. The lowest BCUT2D eigenvalue weighted by molar-refractivity contribution is -0.137. The third-order valence-corrected chi connectivity index (χ3v) is 2.61. The number of para-hydroxylation sites is 1. The molecule has 0 saturated heterocycles. The van der Waals surface area contributed by atoms with Gasteiger partial charge >= 0.3 is 12.0 Å². The first kappa shape index (κ1) is 16.6. The molecule has 0 fully saturated rings. The van der Waals surface area contributed by atoms with Gasteiger partial charge in [0.2, 0.25) is 5.91 Å². The van der Waals surface area contributed by atoms with E-state index in [1.807, 2.05) is 6.07 Å². The van der Waals surface area contributed by atoms with Crippen molar-refractivity contribution in [3.8, 4) is 0 Å². The Kier molecular flexibility index (Phi) is 6.90. The predicted octanol–water partition coefficient (Wildman–Crippen LogP) is 1.74.